The standard InChI is InChI=1S/C23H29N5O4/c1-15(29)26-10-7-16(8-11-26)23(31)27-12-9-17(14-27)21(30)20-13-25-28(22(20)24)18-3-5-19(32-2)6-4-18/h3-6,13,16-17H,7-12,14,24H2,1-2H3. The number of Topliss-reactive ketones (excluding diaryl/α,β-unsaturated/α-hetero) is 1. The van der Waals surface area contributed by atoms with E-state index in [4.69, 9.17) is 10.5 Å². The van der Waals surface area contributed by atoms with Crippen molar-refractivity contribution in [2.24, 2.45) is 11.8 Å². The molecule has 2 saturated heterocycles. The Bertz CT molecular complexity index is 1010. The van der Waals surface area contributed by atoms with Crippen LogP contribution in [0.2, 0.25) is 0 Å². The van der Waals surface area contributed by atoms with Crippen LogP contribution < -0.4 is 10.5 Å². The van der Waals surface area contributed by atoms with Crippen LogP contribution in [0.3, 0.4) is 0 Å². The van der Waals surface area contributed by atoms with Gasteiger partial charge in [-0.3, -0.25) is 14.4 Å². The van der Waals surface area contributed by atoms with E-state index < -0.39 is 0 Å². The maximum Gasteiger partial charge on any atom is 0.225 e. The van der Waals surface area contributed by atoms with E-state index in [1.807, 2.05) is 12.1 Å². The van der Waals surface area contributed by atoms with Crippen LogP contribution in [0.5, 0.6) is 5.75 Å². The lowest BCUT2D eigenvalue weighted by molar-refractivity contribution is -0.139. The van der Waals surface area contributed by atoms with Crippen molar-refractivity contribution in [3.05, 3.63) is 36.0 Å². The molecule has 2 amide bonds. The fourth-order valence-electron chi connectivity index (χ4n) is 4.57. The van der Waals surface area contributed by atoms with Crippen LogP contribution in [-0.2, 0) is 9.59 Å². The zero-order valence-corrected chi connectivity index (χ0v) is 18.5. The summed E-state index contributed by atoms with van der Waals surface area (Å²) in [5, 5.41) is 4.30. The van der Waals surface area contributed by atoms with Crippen molar-refractivity contribution < 1.29 is 19.1 Å². The Labute approximate surface area is 187 Å². The van der Waals surface area contributed by atoms with Gasteiger partial charge in [0.05, 0.1) is 24.6 Å². The summed E-state index contributed by atoms with van der Waals surface area (Å²) < 4.78 is 6.71. The minimum absolute atomic E-state index is 0.0514. The Kier molecular flexibility index (Phi) is 6.16. The van der Waals surface area contributed by atoms with Gasteiger partial charge in [-0.2, -0.15) is 5.10 Å². The van der Waals surface area contributed by atoms with E-state index in [1.165, 1.54) is 10.9 Å². The zero-order chi connectivity index (χ0) is 22.8. The number of benzene rings is 1. The lowest BCUT2D eigenvalue weighted by atomic mass is 9.95. The molecule has 0 saturated carbocycles. The number of ketones is 1. The summed E-state index contributed by atoms with van der Waals surface area (Å²) >= 11 is 0. The molecule has 3 heterocycles. The van der Waals surface area contributed by atoms with Crippen molar-refractivity contribution in [3.63, 3.8) is 0 Å². The number of aromatic nitrogens is 2. The summed E-state index contributed by atoms with van der Waals surface area (Å²) in [6.07, 6.45) is 3.47. The summed E-state index contributed by atoms with van der Waals surface area (Å²) in [7, 11) is 1.60. The van der Waals surface area contributed by atoms with Gasteiger partial charge in [-0.15, -0.1) is 0 Å². The topological polar surface area (TPSA) is 111 Å². The molecule has 0 radical (unpaired) electrons. The van der Waals surface area contributed by atoms with Crippen molar-refractivity contribution in [1.29, 1.82) is 0 Å². The number of hydrogen-bond donors (Lipinski definition) is 1. The lowest BCUT2D eigenvalue weighted by Gasteiger charge is -2.32. The minimum Gasteiger partial charge on any atom is -0.497 e. The van der Waals surface area contributed by atoms with Crippen LogP contribution in [-0.4, -0.2) is 70.5 Å². The first kappa shape index (κ1) is 21.9. The van der Waals surface area contributed by atoms with Crippen molar-refractivity contribution in [3.8, 4) is 11.4 Å². The number of nitrogen functional groups attached to an aromatic ring is 1. The average Bonchev–Trinajstić information content (AvgIpc) is 3.45. The number of nitrogens with zero attached hydrogens (tertiary/aromatic N) is 4. The number of nitrogens with two attached hydrogens (primary N) is 1. The Morgan fingerprint density at radius 1 is 1.00 bits per heavy atom. The second-order valence-corrected chi connectivity index (χ2v) is 8.47. The first-order valence-corrected chi connectivity index (χ1v) is 11.0. The molecule has 170 valence electrons. The SMILES string of the molecule is COc1ccc(-n2ncc(C(=O)C3CCN(C(=O)C4CCN(C(C)=O)CC4)C3)c2N)cc1. The second-order valence-electron chi connectivity index (χ2n) is 8.47. The predicted molar refractivity (Wildman–Crippen MR) is 119 cm³/mol. The van der Waals surface area contributed by atoms with Crippen LogP contribution in [0.25, 0.3) is 5.69 Å². The Morgan fingerprint density at radius 3 is 2.25 bits per heavy atom. The third-order valence-electron chi connectivity index (χ3n) is 6.55. The van der Waals surface area contributed by atoms with E-state index in [9.17, 15) is 14.4 Å². The average molecular weight is 440 g/mol. The number of carbonyl (C=O) groups is 3. The summed E-state index contributed by atoms with van der Waals surface area (Å²) in [5.41, 5.74) is 7.38. The van der Waals surface area contributed by atoms with E-state index in [2.05, 4.69) is 5.10 Å². The molecular weight excluding hydrogens is 410 g/mol. The molecule has 0 bridgehead atoms. The normalized spacial score (nSPS) is 19.2. The van der Waals surface area contributed by atoms with Crippen molar-refractivity contribution in [1.82, 2.24) is 19.6 Å². The summed E-state index contributed by atoms with van der Waals surface area (Å²) in [4.78, 5) is 41.2. The zero-order valence-electron chi connectivity index (χ0n) is 18.5. The van der Waals surface area contributed by atoms with E-state index in [0.29, 0.717) is 56.8 Å². The quantitative estimate of drug-likeness (QED) is 0.711. The molecule has 2 aliphatic rings. The molecule has 1 unspecified atom stereocenters. The number of methoxy groups -OCH3 is 1. The number of rotatable bonds is 5. The third-order valence-corrected chi connectivity index (χ3v) is 6.55. The molecule has 0 aliphatic carbocycles. The lowest BCUT2D eigenvalue weighted by Crippen LogP contribution is -2.43. The highest BCUT2D eigenvalue weighted by Gasteiger charge is 2.36. The molecule has 4 rings (SSSR count). The number of carbonyl (C=O) groups excluding carboxylic acids is 3. The molecule has 1 aromatic carbocycles. The molecule has 1 atom stereocenters. The summed E-state index contributed by atoms with van der Waals surface area (Å²) in [6, 6.07) is 7.26. The number of likely N-dealkylation sites (tertiary alicyclic amines) is 2. The third kappa shape index (κ3) is 4.19. The Morgan fingerprint density at radius 2 is 1.62 bits per heavy atom. The molecule has 9 nitrogen and oxygen atoms in total. The first-order valence-electron chi connectivity index (χ1n) is 11.0. The maximum atomic E-state index is 13.1. The van der Waals surface area contributed by atoms with Crippen LogP contribution in [0.15, 0.2) is 30.5 Å². The molecule has 0 spiro atoms. The predicted octanol–water partition coefficient (Wildman–Crippen LogP) is 1.75. The molecule has 32 heavy (non-hydrogen) atoms. The molecule has 2 aromatic rings. The molecule has 2 N–H and O–H groups in total. The van der Waals surface area contributed by atoms with Crippen LogP contribution in [0.1, 0.15) is 36.5 Å². The van der Waals surface area contributed by atoms with Crippen LogP contribution >= 0.6 is 0 Å². The van der Waals surface area contributed by atoms with E-state index in [1.54, 1.807) is 36.0 Å². The fraction of sp³-hybridized carbons (Fsp3) is 0.478. The van der Waals surface area contributed by atoms with Crippen molar-refractivity contribution in [2.45, 2.75) is 26.2 Å². The van der Waals surface area contributed by atoms with Gasteiger partial charge in [0, 0.05) is 44.9 Å². The van der Waals surface area contributed by atoms with E-state index in [0.717, 1.165) is 11.4 Å². The van der Waals surface area contributed by atoms with Crippen molar-refractivity contribution >= 4 is 23.4 Å². The molecular formula is C23H29N5O4. The van der Waals surface area contributed by atoms with Gasteiger partial charge in [0.15, 0.2) is 5.78 Å². The number of ether oxygens (including phenoxy) is 1. The number of piperidine rings is 1. The number of anilines is 1. The van der Waals surface area contributed by atoms with Gasteiger partial charge in [-0.05, 0) is 43.5 Å². The van der Waals surface area contributed by atoms with Gasteiger partial charge < -0.3 is 20.3 Å². The van der Waals surface area contributed by atoms with Crippen LogP contribution in [0.4, 0.5) is 5.82 Å². The van der Waals surface area contributed by atoms with Crippen LogP contribution in [0, 0.1) is 11.8 Å². The van der Waals surface area contributed by atoms with Gasteiger partial charge in [0.25, 0.3) is 0 Å². The molecule has 9 heteroatoms. The van der Waals surface area contributed by atoms with Gasteiger partial charge >= 0.3 is 0 Å². The highest BCUT2D eigenvalue weighted by Crippen LogP contribution is 2.28. The summed E-state index contributed by atoms with van der Waals surface area (Å²) in [6.45, 7) is 3.75. The van der Waals surface area contributed by atoms with Gasteiger partial charge in [0.1, 0.15) is 11.6 Å². The fourth-order valence-corrected chi connectivity index (χ4v) is 4.57. The van der Waals surface area contributed by atoms with Gasteiger partial charge in [0.2, 0.25) is 11.8 Å². The van der Waals surface area contributed by atoms with Crippen molar-refractivity contribution in [2.75, 3.05) is 39.0 Å². The van der Waals surface area contributed by atoms with E-state index in [-0.39, 0.29) is 29.4 Å². The highest BCUT2D eigenvalue weighted by molar-refractivity contribution is 6.02. The first-order chi connectivity index (χ1) is 15.4. The maximum absolute atomic E-state index is 13.1. The number of amides is 2. The Hall–Kier alpha value is -3.36. The largest absolute Gasteiger partial charge is 0.497 e. The van der Waals surface area contributed by atoms with E-state index >= 15 is 0 Å². The number of hydrogen-bond acceptors (Lipinski definition) is 6. The highest BCUT2D eigenvalue weighted by atomic mass is 16.5. The monoisotopic (exact) mass is 439 g/mol. The Balaban J connectivity index is 1.39. The molecule has 2 fully saturated rings. The minimum atomic E-state index is -0.285. The molecule has 1 aromatic heterocycles. The summed E-state index contributed by atoms with van der Waals surface area (Å²) in [5.74, 6) is 0.708. The van der Waals surface area contributed by atoms with Gasteiger partial charge in [-0.25, -0.2) is 4.68 Å². The second kappa shape index (κ2) is 9.02. The smallest absolute Gasteiger partial charge is 0.225 e. The molecule has 2 aliphatic heterocycles. The van der Waals surface area contributed by atoms with Gasteiger partial charge in [-0.1, -0.05) is 0 Å².